The first-order valence-corrected chi connectivity index (χ1v) is 5.33. The zero-order valence-corrected chi connectivity index (χ0v) is 9.77. The van der Waals surface area contributed by atoms with Crippen LogP contribution in [0.3, 0.4) is 0 Å². The highest BCUT2D eigenvalue weighted by molar-refractivity contribution is 5.78. The smallest absolute Gasteiger partial charge is 0.264 e. The van der Waals surface area contributed by atoms with Gasteiger partial charge in [0.15, 0.2) is 5.65 Å². The van der Waals surface area contributed by atoms with E-state index in [1.54, 1.807) is 4.68 Å². The van der Waals surface area contributed by atoms with Crippen LogP contribution in [0.15, 0.2) is 18.5 Å². The zero-order chi connectivity index (χ0) is 12.4. The Kier molecular flexibility index (Phi) is 3.33. The lowest BCUT2D eigenvalue weighted by Crippen LogP contribution is -2.19. The molecule has 0 amide bonds. The Bertz CT molecular complexity index is 507. The summed E-state index contributed by atoms with van der Waals surface area (Å²) in [6, 6.07) is 1.34. The lowest BCUT2D eigenvalue weighted by atomic mass is 10.2. The van der Waals surface area contributed by atoms with E-state index in [0.29, 0.717) is 17.6 Å². The van der Waals surface area contributed by atoms with Crippen LogP contribution in [0.25, 0.3) is 11.0 Å². The number of hydrogen-bond acceptors (Lipinski definition) is 3. The number of nitrogens with zero attached hydrogens (tertiary/aromatic N) is 4. The average molecular weight is 240 g/mol. The lowest BCUT2D eigenvalue weighted by molar-refractivity contribution is 0.153. The van der Waals surface area contributed by atoms with Crippen LogP contribution in [0.1, 0.15) is 12.0 Å². The Morgan fingerprint density at radius 2 is 2.18 bits per heavy atom. The predicted octanol–water partition coefficient (Wildman–Crippen LogP) is 1.93. The van der Waals surface area contributed by atoms with Crippen LogP contribution >= 0.6 is 0 Å². The van der Waals surface area contributed by atoms with Gasteiger partial charge in [0.1, 0.15) is 0 Å². The molecule has 0 bridgehead atoms. The molecule has 0 aromatic carbocycles. The molecule has 0 fully saturated rings. The van der Waals surface area contributed by atoms with Gasteiger partial charge >= 0.3 is 0 Å². The highest BCUT2D eigenvalue weighted by Gasteiger charge is 2.14. The maximum Gasteiger partial charge on any atom is 0.264 e. The number of pyridine rings is 1. The van der Waals surface area contributed by atoms with Gasteiger partial charge in [-0.1, -0.05) is 0 Å². The second-order valence-electron chi connectivity index (χ2n) is 4.11. The lowest BCUT2D eigenvalue weighted by Gasteiger charge is -2.09. The molecule has 6 heteroatoms. The van der Waals surface area contributed by atoms with Gasteiger partial charge in [-0.15, -0.1) is 0 Å². The van der Waals surface area contributed by atoms with Crippen LogP contribution in [-0.2, 0) is 6.54 Å². The van der Waals surface area contributed by atoms with E-state index in [-0.39, 0.29) is 5.56 Å². The molecule has 92 valence electrons. The van der Waals surface area contributed by atoms with Crippen molar-refractivity contribution in [2.45, 2.75) is 13.0 Å². The van der Waals surface area contributed by atoms with Crippen LogP contribution in [0.4, 0.5) is 8.78 Å². The van der Waals surface area contributed by atoms with Gasteiger partial charge in [-0.2, -0.15) is 5.10 Å². The van der Waals surface area contributed by atoms with Gasteiger partial charge in [-0.25, -0.2) is 18.4 Å². The first kappa shape index (κ1) is 11.9. The fourth-order valence-corrected chi connectivity index (χ4v) is 1.65. The summed E-state index contributed by atoms with van der Waals surface area (Å²) in [5, 5.41) is 4.54. The fraction of sp³-hybridized carbons (Fsp3) is 0.455. The molecule has 2 aromatic rings. The molecule has 0 atom stereocenters. The third kappa shape index (κ3) is 2.41. The Morgan fingerprint density at radius 1 is 1.41 bits per heavy atom. The van der Waals surface area contributed by atoms with Crippen molar-refractivity contribution >= 4 is 11.0 Å². The summed E-state index contributed by atoms with van der Waals surface area (Å²) in [6.45, 7) is 1.42. The molecule has 2 aromatic heterocycles. The first-order chi connectivity index (χ1) is 8.09. The van der Waals surface area contributed by atoms with Crippen molar-refractivity contribution in [1.82, 2.24) is 19.7 Å². The molecule has 0 N–H and O–H groups in total. The number of alkyl halides is 2. The third-order valence-electron chi connectivity index (χ3n) is 2.57. The molecular formula is C11H14F2N4. The summed E-state index contributed by atoms with van der Waals surface area (Å²) in [6.07, 6.45) is 0.365. The van der Waals surface area contributed by atoms with Crippen molar-refractivity contribution in [3.63, 3.8) is 0 Å². The van der Waals surface area contributed by atoms with Crippen molar-refractivity contribution < 1.29 is 8.78 Å². The van der Waals surface area contributed by atoms with E-state index in [2.05, 4.69) is 10.1 Å². The SMILES string of the molecule is CN(C)CCn1ncc2c(C(F)F)ccnc21. The van der Waals surface area contributed by atoms with E-state index in [1.807, 2.05) is 19.0 Å². The number of halogens is 2. The molecule has 2 heterocycles. The average Bonchev–Trinajstić information content (AvgIpc) is 2.68. The fourth-order valence-electron chi connectivity index (χ4n) is 1.65. The topological polar surface area (TPSA) is 34.0 Å². The molecule has 0 unspecified atom stereocenters. The number of aromatic nitrogens is 3. The van der Waals surface area contributed by atoms with Gasteiger partial charge in [-0.05, 0) is 20.2 Å². The number of fused-ring (bicyclic) bond motifs is 1. The third-order valence-corrected chi connectivity index (χ3v) is 2.57. The molecule has 2 rings (SSSR count). The standard InChI is InChI=1S/C11H14F2N4/c1-16(2)5-6-17-11-9(7-15-17)8(10(12)13)3-4-14-11/h3-4,7,10H,5-6H2,1-2H3. The van der Waals surface area contributed by atoms with E-state index in [0.717, 1.165) is 6.54 Å². The molecule has 17 heavy (non-hydrogen) atoms. The predicted molar refractivity (Wildman–Crippen MR) is 61.0 cm³/mol. The number of rotatable bonds is 4. The van der Waals surface area contributed by atoms with Crippen molar-refractivity contribution in [1.29, 1.82) is 0 Å². The second kappa shape index (κ2) is 4.75. The summed E-state index contributed by atoms with van der Waals surface area (Å²) in [5.74, 6) is 0. The van der Waals surface area contributed by atoms with Crippen LogP contribution in [0.2, 0.25) is 0 Å². The second-order valence-corrected chi connectivity index (χ2v) is 4.11. The quantitative estimate of drug-likeness (QED) is 0.819. The van der Waals surface area contributed by atoms with Crippen molar-refractivity contribution in [3.8, 4) is 0 Å². The maximum absolute atomic E-state index is 12.7. The van der Waals surface area contributed by atoms with Gasteiger partial charge in [0.25, 0.3) is 6.43 Å². The minimum absolute atomic E-state index is 0.00824. The van der Waals surface area contributed by atoms with Crippen molar-refractivity contribution in [2.24, 2.45) is 0 Å². The minimum atomic E-state index is -2.49. The Labute approximate surface area is 97.9 Å². The highest BCUT2D eigenvalue weighted by Crippen LogP contribution is 2.25. The number of hydrogen-bond donors (Lipinski definition) is 0. The van der Waals surface area contributed by atoms with Crippen LogP contribution in [-0.4, -0.2) is 40.3 Å². The number of likely N-dealkylation sites (N-methyl/N-ethyl adjacent to an activating group) is 1. The highest BCUT2D eigenvalue weighted by atomic mass is 19.3. The summed E-state index contributed by atoms with van der Waals surface area (Å²) in [5.41, 5.74) is 0.510. The molecular weight excluding hydrogens is 226 g/mol. The monoisotopic (exact) mass is 240 g/mol. The summed E-state index contributed by atoms with van der Waals surface area (Å²) < 4.78 is 27.1. The summed E-state index contributed by atoms with van der Waals surface area (Å²) >= 11 is 0. The maximum atomic E-state index is 12.7. The molecule has 0 aliphatic rings. The summed E-state index contributed by atoms with van der Waals surface area (Å²) in [7, 11) is 3.90. The van der Waals surface area contributed by atoms with Crippen LogP contribution in [0, 0.1) is 0 Å². The van der Waals surface area contributed by atoms with Gasteiger partial charge in [-0.3, -0.25) is 0 Å². The molecule has 0 aliphatic heterocycles. The van der Waals surface area contributed by atoms with Gasteiger partial charge in [0, 0.05) is 23.7 Å². The molecule has 0 radical (unpaired) electrons. The molecule has 0 spiro atoms. The van der Waals surface area contributed by atoms with E-state index in [1.165, 1.54) is 18.5 Å². The molecule has 0 aliphatic carbocycles. The Hall–Kier alpha value is -1.56. The van der Waals surface area contributed by atoms with E-state index in [9.17, 15) is 8.78 Å². The van der Waals surface area contributed by atoms with Crippen LogP contribution < -0.4 is 0 Å². The Balaban J connectivity index is 2.37. The van der Waals surface area contributed by atoms with Crippen LogP contribution in [0.5, 0.6) is 0 Å². The van der Waals surface area contributed by atoms with Gasteiger partial charge in [0.2, 0.25) is 0 Å². The minimum Gasteiger partial charge on any atom is -0.308 e. The normalized spacial score (nSPS) is 11.9. The van der Waals surface area contributed by atoms with Crippen molar-refractivity contribution in [3.05, 3.63) is 24.0 Å². The van der Waals surface area contributed by atoms with Crippen molar-refractivity contribution in [2.75, 3.05) is 20.6 Å². The zero-order valence-electron chi connectivity index (χ0n) is 9.77. The Morgan fingerprint density at radius 3 is 2.82 bits per heavy atom. The first-order valence-electron chi connectivity index (χ1n) is 5.33. The van der Waals surface area contributed by atoms with Gasteiger partial charge < -0.3 is 4.90 Å². The largest absolute Gasteiger partial charge is 0.308 e. The van der Waals surface area contributed by atoms with E-state index >= 15 is 0 Å². The molecule has 0 saturated heterocycles. The van der Waals surface area contributed by atoms with Gasteiger partial charge in [0.05, 0.1) is 12.7 Å². The van der Waals surface area contributed by atoms with E-state index < -0.39 is 6.43 Å². The molecule has 4 nitrogen and oxygen atoms in total. The van der Waals surface area contributed by atoms with E-state index in [4.69, 9.17) is 0 Å². The summed E-state index contributed by atoms with van der Waals surface area (Å²) in [4.78, 5) is 6.12. The molecule has 0 saturated carbocycles.